The van der Waals surface area contributed by atoms with Crippen molar-refractivity contribution in [3.05, 3.63) is 0 Å². The second-order valence-electron chi connectivity index (χ2n) is 0. The van der Waals surface area contributed by atoms with Crippen LogP contribution in [0.3, 0.4) is 0 Å². The molecule has 0 aliphatic heterocycles. The first kappa shape index (κ1) is 33.9. The molecule has 1 radical (unpaired) electrons. The standard InChI is InChI=1S/Co.4Na.4H. The number of hydrogen-bond acceptors (Lipinski definition) is 0. The number of hydrogen-bond donors (Lipinski definition) is 0. The average molecular weight is 155 g/mol. The summed E-state index contributed by atoms with van der Waals surface area (Å²) in [7, 11) is 0. The maximum atomic E-state index is 0. The van der Waals surface area contributed by atoms with Crippen LogP contribution in [0.2, 0.25) is 0 Å². The van der Waals surface area contributed by atoms with Gasteiger partial charge < -0.3 is 0 Å². The van der Waals surface area contributed by atoms with Gasteiger partial charge in [0, 0.05) is 16.8 Å². The van der Waals surface area contributed by atoms with Gasteiger partial charge in [-0.2, -0.15) is 0 Å². The fraction of sp³-hybridized carbons (Fsp3) is 0. The van der Waals surface area contributed by atoms with E-state index in [2.05, 4.69) is 0 Å². The van der Waals surface area contributed by atoms with Crippen LogP contribution in [0.4, 0.5) is 0 Å². The molecule has 0 aliphatic carbocycles. The van der Waals surface area contributed by atoms with Crippen LogP contribution in [0.5, 0.6) is 0 Å². The van der Waals surface area contributed by atoms with Gasteiger partial charge in [-0.1, -0.05) is 0 Å². The van der Waals surface area contributed by atoms with Crippen molar-refractivity contribution in [2.24, 2.45) is 0 Å². The van der Waals surface area contributed by atoms with E-state index in [1.807, 2.05) is 0 Å². The Kier molecular flexibility index (Phi) is 160. The van der Waals surface area contributed by atoms with Gasteiger partial charge in [0.25, 0.3) is 0 Å². The molecule has 0 saturated heterocycles. The van der Waals surface area contributed by atoms with E-state index in [0.29, 0.717) is 0 Å². The van der Waals surface area contributed by atoms with Crippen molar-refractivity contribution in [3.63, 3.8) is 0 Å². The zero-order chi connectivity index (χ0) is 0. The first-order chi connectivity index (χ1) is 0. The molecule has 0 N–H and O–H groups in total. The Morgan fingerprint density at radius 3 is 0.400 bits per heavy atom. The molecule has 0 atom stereocenters. The topological polar surface area (TPSA) is 0 Å². The molecule has 17 valence electrons. The van der Waals surface area contributed by atoms with Gasteiger partial charge in [-0.3, -0.25) is 0 Å². The van der Waals surface area contributed by atoms with E-state index in [1.165, 1.54) is 0 Å². The summed E-state index contributed by atoms with van der Waals surface area (Å²) in [6.07, 6.45) is 0. The zero-order valence-electron chi connectivity index (χ0n) is 0.333. The van der Waals surface area contributed by atoms with Gasteiger partial charge in [0.2, 0.25) is 0 Å². The summed E-state index contributed by atoms with van der Waals surface area (Å²) in [6, 6.07) is 0. The molecule has 0 bridgehead atoms. The van der Waals surface area contributed by atoms with Gasteiger partial charge in [0.15, 0.2) is 0 Å². The Bertz CT molecular complexity index is 3.61. The quantitative estimate of drug-likeness (QED) is 0.336. The monoisotopic (exact) mass is 155 g/mol. The second kappa shape index (κ2) is 23.6. The Labute approximate surface area is 131 Å². The molecule has 0 spiro atoms. The summed E-state index contributed by atoms with van der Waals surface area (Å²) in [5, 5.41) is 0. The van der Waals surface area contributed by atoms with Crippen LogP contribution in [0.1, 0.15) is 0 Å². The number of rotatable bonds is 0. The van der Waals surface area contributed by atoms with E-state index in [0.717, 1.165) is 0 Å². The maximum absolute atomic E-state index is 0. The van der Waals surface area contributed by atoms with Crippen molar-refractivity contribution in [1.82, 2.24) is 0 Å². The summed E-state index contributed by atoms with van der Waals surface area (Å²) in [4.78, 5) is 0. The molecular formula is H4CoNa4. The van der Waals surface area contributed by atoms with Gasteiger partial charge in [-0.15, -0.1) is 0 Å². The van der Waals surface area contributed by atoms with Gasteiger partial charge in [0.1, 0.15) is 0 Å². The predicted octanol–water partition coefficient (Wildman–Crippen LogP) is -2.60. The average Bonchev–Trinajstić information content (AvgIpc) is 0. The van der Waals surface area contributed by atoms with E-state index >= 15 is 0 Å². The van der Waals surface area contributed by atoms with E-state index in [9.17, 15) is 0 Å². The Hall–Kier alpha value is 4.51. The van der Waals surface area contributed by atoms with Crippen LogP contribution in [0, 0.1) is 0 Å². The molecule has 5 heavy (non-hydrogen) atoms. The van der Waals surface area contributed by atoms with Crippen LogP contribution >= 0.6 is 0 Å². The molecule has 0 heterocycles. The van der Waals surface area contributed by atoms with Crippen LogP contribution in [-0.2, 0) is 16.8 Å². The third kappa shape index (κ3) is 17.7. The summed E-state index contributed by atoms with van der Waals surface area (Å²) in [5.41, 5.74) is 0. The third-order valence-corrected chi connectivity index (χ3v) is 0. The molecule has 0 unspecified atom stereocenters. The molecule has 5 heteroatoms. The van der Waals surface area contributed by atoms with Crippen molar-refractivity contribution < 1.29 is 16.8 Å². The minimum absolute atomic E-state index is 0. The zero-order valence-corrected chi connectivity index (χ0v) is 1.37. The summed E-state index contributed by atoms with van der Waals surface area (Å²) in [5.74, 6) is 0. The Balaban J connectivity index is 0. The SMILES string of the molecule is [Co].[NaH].[NaH].[NaH].[NaH]. The molecule has 0 aliphatic rings. The van der Waals surface area contributed by atoms with Crippen LogP contribution in [-0.4, -0.2) is 118 Å². The fourth-order valence-corrected chi connectivity index (χ4v) is 0. The molecule has 0 aromatic heterocycles. The molecule has 0 saturated carbocycles. The summed E-state index contributed by atoms with van der Waals surface area (Å²) in [6.45, 7) is 0. The Morgan fingerprint density at radius 1 is 0.400 bits per heavy atom. The molecule has 0 amide bonds. The van der Waals surface area contributed by atoms with Crippen molar-refractivity contribution in [2.75, 3.05) is 0 Å². The van der Waals surface area contributed by atoms with Gasteiger partial charge in [-0.25, -0.2) is 0 Å². The van der Waals surface area contributed by atoms with Crippen LogP contribution < -0.4 is 0 Å². The molecular weight excluding hydrogens is 151 g/mol. The van der Waals surface area contributed by atoms with Crippen molar-refractivity contribution in [2.45, 2.75) is 0 Å². The first-order valence-electron chi connectivity index (χ1n) is 0. The predicted molar refractivity (Wildman–Crippen MR) is 28.6 cm³/mol. The van der Waals surface area contributed by atoms with Crippen molar-refractivity contribution >= 4 is 118 Å². The summed E-state index contributed by atoms with van der Waals surface area (Å²) < 4.78 is 0. The molecule has 0 nitrogen and oxygen atoms in total. The molecule has 0 aromatic carbocycles. The van der Waals surface area contributed by atoms with Gasteiger partial charge in [-0.05, 0) is 0 Å². The normalized spacial score (nSPS) is 0. The van der Waals surface area contributed by atoms with Crippen molar-refractivity contribution in [1.29, 1.82) is 0 Å². The second-order valence-corrected chi connectivity index (χ2v) is 0. The van der Waals surface area contributed by atoms with Crippen LogP contribution in [0.15, 0.2) is 0 Å². The van der Waals surface area contributed by atoms with E-state index in [4.69, 9.17) is 0 Å². The molecule has 0 aromatic rings. The Morgan fingerprint density at radius 2 is 0.400 bits per heavy atom. The minimum atomic E-state index is 0. The van der Waals surface area contributed by atoms with Gasteiger partial charge >= 0.3 is 118 Å². The third-order valence-electron chi connectivity index (χ3n) is 0. The first-order valence-corrected chi connectivity index (χ1v) is 0. The van der Waals surface area contributed by atoms with Crippen LogP contribution in [0.25, 0.3) is 0 Å². The van der Waals surface area contributed by atoms with E-state index < -0.39 is 0 Å². The van der Waals surface area contributed by atoms with E-state index in [1.54, 1.807) is 0 Å². The van der Waals surface area contributed by atoms with Crippen molar-refractivity contribution in [3.8, 4) is 0 Å². The van der Waals surface area contributed by atoms with E-state index in [-0.39, 0.29) is 135 Å². The molecule has 0 rings (SSSR count). The summed E-state index contributed by atoms with van der Waals surface area (Å²) >= 11 is 0. The van der Waals surface area contributed by atoms with Gasteiger partial charge in [0.05, 0.1) is 0 Å². The fourth-order valence-electron chi connectivity index (χ4n) is 0. The molecule has 0 fully saturated rings.